The zero-order chi connectivity index (χ0) is 17.5. The number of rotatable bonds is 6. The molecule has 142 valence electrons. The first kappa shape index (κ1) is 20.2. The summed E-state index contributed by atoms with van der Waals surface area (Å²) in [7, 11) is -1.25. The summed E-state index contributed by atoms with van der Waals surface area (Å²) in [6.07, 6.45) is 6.95. The minimum Gasteiger partial charge on any atom is -0.336 e. The lowest BCUT2D eigenvalue weighted by Crippen LogP contribution is -2.47. The Bertz CT molecular complexity index is 717. The van der Waals surface area contributed by atoms with E-state index in [9.17, 15) is 13.2 Å². The molecule has 2 aliphatic rings. The van der Waals surface area contributed by atoms with Crippen molar-refractivity contribution in [2.24, 2.45) is 13.0 Å². The van der Waals surface area contributed by atoms with Crippen LogP contribution in [0.5, 0.6) is 0 Å². The average Bonchev–Trinajstić information content (AvgIpc) is 2.99. The van der Waals surface area contributed by atoms with E-state index in [1.54, 1.807) is 4.68 Å². The van der Waals surface area contributed by atoms with Gasteiger partial charge in [0, 0.05) is 50.6 Å². The summed E-state index contributed by atoms with van der Waals surface area (Å²) < 4.78 is 25.1. The van der Waals surface area contributed by atoms with Gasteiger partial charge in [0.2, 0.25) is 5.91 Å². The van der Waals surface area contributed by atoms with Gasteiger partial charge in [0.05, 0.1) is 17.9 Å². The molecule has 0 radical (unpaired) electrons. The summed E-state index contributed by atoms with van der Waals surface area (Å²) in [6, 6.07) is -0.0838. The normalized spacial score (nSPS) is 24.6. The monoisotopic (exact) mass is 390 g/mol. The average molecular weight is 391 g/mol. The number of aryl methyl sites for hydroxylation is 1. The van der Waals surface area contributed by atoms with E-state index in [-0.39, 0.29) is 48.0 Å². The van der Waals surface area contributed by atoms with Gasteiger partial charge >= 0.3 is 0 Å². The Kier molecular flexibility index (Phi) is 6.17. The Morgan fingerprint density at radius 3 is 2.64 bits per heavy atom. The van der Waals surface area contributed by atoms with Crippen LogP contribution in [0.4, 0.5) is 0 Å². The van der Waals surface area contributed by atoms with Gasteiger partial charge in [0.25, 0.3) is 0 Å². The molecule has 1 N–H and O–H groups in total. The van der Waals surface area contributed by atoms with Gasteiger partial charge in [0.15, 0.2) is 0 Å². The summed E-state index contributed by atoms with van der Waals surface area (Å²) in [4.78, 5) is 15.0. The highest BCUT2D eigenvalue weighted by atomic mass is 35.5. The molecule has 1 unspecified atom stereocenters. The molecule has 1 aromatic heterocycles. The summed E-state index contributed by atoms with van der Waals surface area (Å²) >= 11 is 0. The second-order valence-electron chi connectivity index (χ2n) is 7.24. The minimum absolute atomic E-state index is 0. The molecule has 3 atom stereocenters. The quantitative estimate of drug-likeness (QED) is 0.767. The third kappa shape index (κ3) is 4.74. The summed E-state index contributed by atoms with van der Waals surface area (Å²) in [5.41, 5.74) is 1.06. The molecule has 0 aromatic carbocycles. The van der Waals surface area contributed by atoms with Crippen molar-refractivity contribution in [1.29, 1.82) is 0 Å². The van der Waals surface area contributed by atoms with Crippen LogP contribution in [0.25, 0.3) is 0 Å². The maximum atomic E-state index is 13.2. The number of nitrogens with one attached hydrogen (secondary N) is 1. The summed E-state index contributed by atoms with van der Waals surface area (Å²) in [6.45, 7) is 3.23. The number of hydrogen-bond acceptors (Lipinski definition) is 5. The molecule has 2 fully saturated rings. The molecule has 1 aromatic rings. The predicted octanol–water partition coefficient (Wildman–Crippen LogP) is 0.569. The zero-order valence-electron chi connectivity index (χ0n) is 14.9. The van der Waals surface area contributed by atoms with E-state index in [4.69, 9.17) is 0 Å². The van der Waals surface area contributed by atoms with E-state index in [0.29, 0.717) is 6.54 Å². The molecule has 3 rings (SSSR count). The highest BCUT2D eigenvalue weighted by Crippen LogP contribution is 2.35. The van der Waals surface area contributed by atoms with Gasteiger partial charge < -0.3 is 10.2 Å². The molecular weight excluding hydrogens is 364 g/mol. The van der Waals surface area contributed by atoms with Crippen LogP contribution in [0, 0.1) is 5.92 Å². The summed E-state index contributed by atoms with van der Waals surface area (Å²) in [5.74, 6) is 0.0367. The Morgan fingerprint density at radius 1 is 1.44 bits per heavy atom. The Hall–Kier alpha value is -1.12. The van der Waals surface area contributed by atoms with Crippen molar-refractivity contribution < 1.29 is 13.2 Å². The van der Waals surface area contributed by atoms with Crippen molar-refractivity contribution >= 4 is 28.2 Å². The van der Waals surface area contributed by atoms with E-state index in [1.807, 2.05) is 31.3 Å². The van der Waals surface area contributed by atoms with Crippen LogP contribution in [0.2, 0.25) is 0 Å². The van der Waals surface area contributed by atoms with Crippen LogP contribution >= 0.6 is 12.4 Å². The topological polar surface area (TPSA) is 84.3 Å². The second-order valence-corrected chi connectivity index (χ2v) is 9.42. The standard InChI is InChI=1S/C16H26N4O3S.ClH/c1-11(10-24(3,22)23)20(13-4-5-13)16(21)15-8-17-7-14(15)12-6-18-19(2)9-12;/h6,9,11,13-15,17H,4-5,7-8,10H2,1-3H3;1H/t11?,14-,15+;/m1./s1. The number of sulfone groups is 1. The Labute approximate surface area is 155 Å². The largest absolute Gasteiger partial charge is 0.336 e. The molecule has 1 aliphatic carbocycles. The number of hydrogen-bond donors (Lipinski definition) is 1. The fourth-order valence-corrected chi connectivity index (χ4v) is 4.78. The number of amides is 1. The van der Waals surface area contributed by atoms with Crippen LogP contribution in [-0.4, -0.2) is 66.2 Å². The van der Waals surface area contributed by atoms with Gasteiger partial charge in [-0.15, -0.1) is 12.4 Å². The van der Waals surface area contributed by atoms with Crippen LogP contribution in [0.1, 0.15) is 31.2 Å². The van der Waals surface area contributed by atoms with Crippen LogP contribution in [0.3, 0.4) is 0 Å². The second kappa shape index (κ2) is 7.63. The smallest absolute Gasteiger partial charge is 0.228 e. The Morgan fingerprint density at radius 2 is 2.12 bits per heavy atom. The van der Waals surface area contributed by atoms with Gasteiger partial charge in [-0.1, -0.05) is 0 Å². The zero-order valence-corrected chi connectivity index (χ0v) is 16.5. The van der Waals surface area contributed by atoms with Crippen LogP contribution < -0.4 is 5.32 Å². The van der Waals surface area contributed by atoms with Crippen molar-refractivity contribution in [3.8, 4) is 0 Å². The Balaban J connectivity index is 0.00000225. The van der Waals surface area contributed by atoms with E-state index < -0.39 is 9.84 Å². The van der Waals surface area contributed by atoms with Crippen molar-refractivity contribution in [1.82, 2.24) is 20.0 Å². The van der Waals surface area contributed by atoms with Crippen molar-refractivity contribution in [3.63, 3.8) is 0 Å². The molecule has 1 amide bonds. The third-order valence-electron chi connectivity index (χ3n) is 4.90. The molecule has 25 heavy (non-hydrogen) atoms. The first-order chi connectivity index (χ1) is 11.3. The molecule has 2 heterocycles. The molecule has 1 aliphatic heterocycles. The summed E-state index contributed by atoms with van der Waals surface area (Å²) in [5, 5.41) is 7.53. The van der Waals surface area contributed by atoms with E-state index in [0.717, 1.165) is 24.9 Å². The lowest BCUT2D eigenvalue weighted by molar-refractivity contribution is -0.137. The van der Waals surface area contributed by atoms with E-state index >= 15 is 0 Å². The minimum atomic E-state index is -3.12. The van der Waals surface area contributed by atoms with Gasteiger partial charge in [-0.3, -0.25) is 9.48 Å². The number of carbonyl (C=O) groups is 1. The highest BCUT2D eigenvalue weighted by Gasteiger charge is 2.43. The molecule has 9 heteroatoms. The number of carbonyl (C=O) groups excluding carboxylic acids is 1. The maximum absolute atomic E-state index is 13.2. The lowest BCUT2D eigenvalue weighted by atomic mass is 9.89. The predicted molar refractivity (Wildman–Crippen MR) is 98.6 cm³/mol. The van der Waals surface area contributed by atoms with Gasteiger partial charge in [-0.2, -0.15) is 5.10 Å². The van der Waals surface area contributed by atoms with E-state index in [2.05, 4.69) is 10.4 Å². The fourth-order valence-electron chi connectivity index (χ4n) is 3.74. The third-order valence-corrected chi connectivity index (χ3v) is 5.99. The number of aromatic nitrogens is 2. The van der Waals surface area contributed by atoms with E-state index in [1.165, 1.54) is 6.26 Å². The maximum Gasteiger partial charge on any atom is 0.228 e. The lowest BCUT2D eigenvalue weighted by Gasteiger charge is -2.32. The van der Waals surface area contributed by atoms with Crippen molar-refractivity contribution in [2.45, 2.75) is 37.8 Å². The molecular formula is C16H27ClN4O3S. The van der Waals surface area contributed by atoms with Gasteiger partial charge in [-0.25, -0.2) is 8.42 Å². The van der Waals surface area contributed by atoms with Crippen LogP contribution in [-0.2, 0) is 21.7 Å². The molecule has 0 spiro atoms. The fraction of sp³-hybridized carbons (Fsp3) is 0.750. The number of halogens is 1. The first-order valence-corrected chi connectivity index (χ1v) is 10.5. The molecule has 1 saturated carbocycles. The molecule has 1 saturated heterocycles. The van der Waals surface area contributed by atoms with Crippen LogP contribution in [0.15, 0.2) is 12.4 Å². The first-order valence-electron chi connectivity index (χ1n) is 8.45. The van der Waals surface area contributed by atoms with Gasteiger partial charge in [-0.05, 0) is 25.3 Å². The van der Waals surface area contributed by atoms with Gasteiger partial charge in [0.1, 0.15) is 9.84 Å². The van der Waals surface area contributed by atoms with Crippen molar-refractivity contribution in [2.75, 3.05) is 25.1 Å². The van der Waals surface area contributed by atoms with Crippen molar-refractivity contribution in [3.05, 3.63) is 18.0 Å². The highest BCUT2D eigenvalue weighted by molar-refractivity contribution is 7.90. The molecule has 0 bridgehead atoms. The molecule has 7 nitrogen and oxygen atoms in total. The SMILES string of the molecule is CC(CS(C)(=O)=O)N(C(=O)[C@H]1CNC[C@@H]1c1cnn(C)c1)C1CC1.Cl. The number of nitrogens with zero attached hydrogens (tertiary/aromatic N) is 3.